The van der Waals surface area contributed by atoms with E-state index in [1.165, 1.54) is 0 Å². The summed E-state index contributed by atoms with van der Waals surface area (Å²) >= 11 is 0. The molecule has 88 valence electrons. The fourth-order valence-corrected chi connectivity index (χ4v) is 1.64. The topological polar surface area (TPSA) is 63.8 Å². The van der Waals surface area contributed by atoms with Gasteiger partial charge >= 0.3 is 0 Å². The summed E-state index contributed by atoms with van der Waals surface area (Å²) < 4.78 is 0. The largest absolute Gasteiger partial charge is 0.399 e. The van der Waals surface area contributed by atoms with E-state index in [4.69, 9.17) is 5.73 Å². The molecule has 0 amide bonds. The molecule has 4 nitrogen and oxygen atoms in total. The van der Waals surface area contributed by atoms with Crippen LogP contribution in [-0.4, -0.2) is 9.97 Å². The number of aromatic nitrogens is 2. The van der Waals surface area contributed by atoms with Crippen LogP contribution in [0.5, 0.6) is 0 Å². The van der Waals surface area contributed by atoms with Gasteiger partial charge in [0.15, 0.2) is 0 Å². The van der Waals surface area contributed by atoms with E-state index in [9.17, 15) is 0 Å². The minimum atomic E-state index is 0.733. The first kappa shape index (κ1) is 11.4. The fraction of sp³-hybridized carbons (Fsp3) is 0.231. The van der Waals surface area contributed by atoms with E-state index in [2.05, 4.69) is 22.2 Å². The number of nitrogens with one attached hydrogen (secondary N) is 1. The molecular weight excluding hydrogens is 212 g/mol. The third-order valence-electron chi connectivity index (χ3n) is 2.41. The van der Waals surface area contributed by atoms with Crippen molar-refractivity contribution < 1.29 is 0 Å². The highest BCUT2D eigenvalue weighted by Gasteiger charge is 2.01. The van der Waals surface area contributed by atoms with E-state index >= 15 is 0 Å². The average molecular weight is 228 g/mol. The van der Waals surface area contributed by atoms with Crippen molar-refractivity contribution in [1.82, 2.24) is 9.97 Å². The van der Waals surface area contributed by atoms with Gasteiger partial charge in [0, 0.05) is 23.1 Å². The minimum absolute atomic E-state index is 0.733. The molecule has 2 aromatic rings. The van der Waals surface area contributed by atoms with Crippen molar-refractivity contribution in [2.75, 3.05) is 11.1 Å². The highest BCUT2D eigenvalue weighted by molar-refractivity contribution is 5.61. The number of nitrogens with two attached hydrogens (primary N) is 1. The maximum absolute atomic E-state index is 5.73. The first-order valence-electron chi connectivity index (χ1n) is 5.64. The zero-order valence-electron chi connectivity index (χ0n) is 10.1. The van der Waals surface area contributed by atoms with Crippen LogP contribution in [0.3, 0.4) is 0 Å². The molecule has 0 fully saturated rings. The molecule has 3 N–H and O–H groups in total. The Morgan fingerprint density at radius 1 is 1.24 bits per heavy atom. The smallest absolute Gasteiger partial charge is 0.134 e. The highest BCUT2D eigenvalue weighted by Crippen LogP contribution is 2.17. The molecule has 0 aliphatic carbocycles. The van der Waals surface area contributed by atoms with E-state index in [1.54, 1.807) is 0 Å². The van der Waals surface area contributed by atoms with E-state index in [1.807, 2.05) is 37.3 Å². The van der Waals surface area contributed by atoms with Gasteiger partial charge < -0.3 is 11.1 Å². The predicted octanol–water partition coefficient (Wildman–Crippen LogP) is 2.67. The third kappa shape index (κ3) is 2.93. The molecule has 0 saturated carbocycles. The van der Waals surface area contributed by atoms with Crippen LogP contribution in [0.4, 0.5) is 17.2 Å². The van der Waals surface area contributed by atoms with Crippen LogP contribution in [0.25, 0.3) is 0 Å². The van der Waals surface area contributed by atoms with Crippen LogP contribution in [0.2, 0.25) is 0 Å². The number of hydrogen-bond donors (Lipinski definition) is 2. The van der Waals surface area contributed by atoms with Gasteiger partial charge in [0.05, 0.1) is 0 Å². The second kappa shape index (κ2) is 4.82. The molecule has 2 rings (SSSR count). The molecule has 0 aliphatic heterocycles. The number of nitrogens with zero attached hydrogens (tertiary/aromatic N) is 2. The summed E-state index contributed by atoms with van der Waals surface area (Å²) in [5, 5.41) is 3.23. The molecule has 1 aromatic heterocycles. The fourth-order valence-electron chi connectivity index (χ4n) is 1.64. The van der Waals surface area contributed by atoms with Crippen molar-refractivity contribution in [2.24, 2.45) is 0 Å². The molecule has 0 bridgehead atoms. The Morgan fingerprint density at radius 3 is 2.76 bits per heavy atom. The Labute approximate surface area is 101 Å². The van der Waals surface area contributed by atoms with Gasteiger partial charge in [0.1, 0.15) is 11.6 Å². The molecule has 0 spiro atoms. The van der Waals surface area contributed by atoms with Crippen LogP contribution in [0.15, 0.2) is 30.3 Å². The molecule has 4 heteroatoms. The molecule has 0 atom stereocenters. The summed E-state index contributed by atoms with van der Waals surface area (Å²) in [6.07, 6.45) is 0.898. The molecular formula is C13H16N4. The number of benzene rings is 1. The SMILES string of the molecule is CCc1cc(Nc2cccc(N)c2)nc(C)n1. The quantitative estimate of drug-likeness (QED) is 0.793. The van der Waals surface area contributed by atoms with E-state index < -0.39 is 0 Å². The standard InChI is InChI=1S/C13H16N4/c1-3-11-8-13(16-9(2)15-11)17-12-6-4-5-10(14)7-12/h4-8H,3,14H2,1-2H3,(H,15,16,17). The highest BCUT2D eigenvalue weighted by atomic mass is 15.0. The summed E-state index contributed by atoms with van der Waals surface area (Å²) in [6.45, 7) is 3.97. The van der Waals surface area contributed by atoms with Crippen molar-refractivity contribution in [2.45, 2.75) is 20.3 Å². The zero-order chi connectivity index (χ0) is 12.3. The average Bonchev–Trinajstić information content (AvgIpc) is 2.28. The van der Waals surface area contributed by atoms with Crippen molar-refractivity contribution in [3.8, 4) is 0 Å². The maximum Gasteiger partial charge on any atom is 0.134 e. The lowest BCUT2D eigenvalue weighted by atomic mass is 10.2. The number of aryl methyl sites for hydroxylation is 2. The Bertz CT molecular complexity index is 523. The number of nitrogen functional groups attached to an aromatic ring is 1. The summed E-state index contributed by atoms with van der Waals surface area (Å²) in [5.74, 6) is 1.58. The normalized spacial score (nSPS) is 10.2. The van der Waals surface area contributed by atoms with Crippen LogP contribution < -0.4 is 11.1 Å². The summed E-state index contributed by atoms with van der Waals surface area (Å²) in [6, 6.07) is 9.55. The second-order valence-corrected chi connectivity index (χ2v) is 3.90. The van der Waals surface area contributed by atoms with Crippen LogP contribution in [0.1, 0.15) is 18.4 Å². The van der Waals surface area contributed by atoms with E-state index in [0.717, 1.165) is 35.1 Å². The Morgan fingerprint density at radius 2 is 2.06 bits per heavy atom. The van der Waals surface area contributed by atoms with Gasteiger partial charge in [-0.1, -0.05) is 13.0 Å². The van der Waals surface area contributed by atoms with Gasteiger partial charge in [-0.3, -0.25) is 0 Å². The molecule has 0 unspecified atom stereocenters. The molecule has 0 aliphatic rings. The van der Waals surface area contributed by atoms with Gasteiger partial charge in [0.25, 0.3) is 0 Å². The van der Waals surface area contributed by atoms with E-state index in [-0.39, 0.29) is 0 Å². The van der Waals surface area contributed by atoms with Crippen LogP contribution in [-0.2, 0) is 6.42 Å². The minimum Gasteiger partial charge on any atom is -0.399 e. The molecule has 0 radical (unpaired) electrons. The molecule has 0 saturated heterocycles. The first-order valence-corrected chi connectivity index (χ1v) is 5.64. The van der Waals surface area contributed by atoms with Crippen LogP contribution in [0, 0.1) is 6.92 Å². The summed E-state index contributed by atoms with van der Waals surface area (Å²) in [5.41, 5.74) is 8.43. The number of rotatable bonds is 3. The zero-order valence-corrected chi connectivity index (χ0v) is 10.1. The van der Waals surface area contributed by atoms with Gasteiger partial charge in [-0.25, -0.2) is 9.97 Å². The summed E-state index contributed by atoms with van der Waals surface area (Å²) in [7, 11) is 0. The van der Waals surface area contributed by atoms with Crippen molar-refractivity contribution in [3.63, 3.8) is 0 Å². The lowest BCUT2D eigenvalue weighted by molar-refractivity contribution is 0.953. The Hall–Kier alpha value is -2.10. The Kier molecular flexibility index (Phi) is 3.23. The van der Waals surface area contributed by atoms with Gasteiger partial charge in [0.2, 0.25) is 0 Å². The number of hydrogen-bond acceptors (Lipinski definition) is 4. The third-order valence-corrected chi connectivity index (χ3v) is 2.41. The van der Waals surface area contributed by atoms with Gasteiger partial charge in [-0.2, -0.15) is 0 Å². The van der Waals surface area contributed by atoms with E-state index in [0.29, 0.717) is 0 Å². The van der Waals surface area contributed by atoms with Gasteiger partial charge in [-0.05, 0) is 31.5 Å². The predicted molar refractivity (Wildman–Crippen MR) is 70.3 cm³/mol. The number of anilines is 3. The lowest BCUT2D eigenvalue weighted by Gasteiger charge is -2.08. The Balaban J connectivity index is 2.26. The monoisotopic (exact) mass is 228 g/mol. The lowest BCUT2D eigenvalue weighted by Crippen LogP contribution is -2.00. The van der Waals surface area contributed by atoms with Crippen molar-refractivity contribution in [1.29, 1.82) is 0 Å². The van der Waals surface area contributed by atoms with Gasteiger partial charge in [-0.15, -0.1) is 0 Å². The molecule has 1 aromatic carbocycles. The van der Waals surface area contributed by atoms with Crippen LogP contribution >= 0.6 is 0 Å². The second-order valence-electron chi connectivity index (χ2n) is 3.90. The molecule has 1 heterocycles. The summed E-state index contributed by atoms with van der Waals surface area (Å²) in [4.78, 5) is 8.68. The molecule has 17 heavy (non-hydrogen) atoms. The maximum atomic E-state index is 5.73. The first-order chi connectivity index (χ1) is 8.17. The van der Waals surface area contributed by atoms with Crippen molar-refractivity contribution >= 4 is 17.2 Å². The van der Waals surface area contributed by atoms with Crippen molar-refractivity contribution in [3.05, 3.63) is 41.9 Å².